The number of rotatable bonds is 1. The molecular weight excluding hydrogens is 122 g/mol. The van der Waals surface area contributed by atoms with Gasteiger partial charge >= 0.3 is 0 Å². The van der Waals surface area contributed by atoms with Gasteiger partial charge in [-0.05, 0) is 5.56 Å². The monoisotopic (exact) mass is 128 g/mol. The lowest BCUT2D eigenvalue weighted by Gasteiger charge is -2.03. The molecule has 0 spiro atoms. The van der Waals surface area contributed by atoms with E-state index in [0.717, 1.165) is 5.57 Å². The molecule has 1 nitrogen and oxygen atoms in total. The molecule has 0 N–H and O–H groups in total. The molecule has 10 heavy (non-hydrogen) atoms. The molecule has 1 aliphatic heterocycles. The van der Waals surface area contributed by atoms with E-state index in [9.17, 15) is 0 Å². The topological polar surface area (TPSA) is 12.4 Å². The molecule has 0 unspecified atom stereocenters. The molecular formula is C9H6N. The summed E-state index contributed by atoms with van der Waals surface area (Å²) in [4.78, 5) is 3.76. The van der Waals surface area contributed by atoms with Crippen LogP contribution in [0.15, 0.2) is 41.5 Å². The molecule has 0 aromatic heterocycles. The van der Waals surface area contributed by atoms with Crippen LogP contribution in [-0.4, -0.2) is 6.21 Å². The van der Waals surface area contributed by atoms with Crippen LogP contribution in [0.5, 0.6) is 0 Å². The van der Waals surface area contributed by atoms with Crippen LogP contribution in [-0.2, 0) is 0 Å². The van der Waals surface area contributed by atoms with Crippen LogP contribution in [0.3, 0.4) is 0 Å². The van der Waals surface area contributed by atoms with Crippen molar-refractivity contribution in [3.05, 3.63) is 42.1 Å². The summed E-state index contributed by atoms with van der Waals surface area (Å²) in [5, 5.41) is 0. The third kappa shape index (κ3) is 0.760. The minimum absolute atomic E-state index is 1.10. The summed E-state index contributed by atoms with van der Waals surface area (Å²) >= 11 is 0. The molecule has 0 aliphatic carbocycles. The summed E-state index contributed by atoms with van der Waals surface area (Å²) in [5.74, 6) is 0. The molecule has 1 heterocycles. The molecule has 1 aliphatic rings. The molecule has 1 aromatic rings. The van der Waals surface area contributed by atoms with E-state index in [1.165, 1.54) is 5.56 Å². The van der Waals surface area contributed by atoms with E-state index in [2.05, 4.69) is 11.2 Å². The van der Waals surface area contributed by atoms with E-state index in [1.807, 2.05) is 36.5 Å². The molecule has 47 valence electrons. The quantitative estimate of drug-likeness (QED) is 0.548. The van der Waals surface area contributed by atoms with Crippen molar-refractivity contribution < 1.29 is 0 Å². The van der Waals surface area contributed by atoms with Crippen molar-refractivity contribution in [2.75, 3.05) is 0 Å². The fraction of sp³-hybridized carbons (Fsp3) is 0. The van der Waals surface area contributed by atoms with Crippen LogP contribution in [0.4, 0.5) is 0 Å². The van der Waals surface area contributed by atoms with Crippen LogP contribution < -0.4 is 0 Å². The number of hydrogen-bond donors (Lipinski definition) is 0. The van der Waals surface area contributed by atoms with E-state index < -0.39 is 0 Å². The molecule has 0 saturated carbocycles. The van der Waals surface area contributed by atoms with Crippen LogP contribution in [0.2, 0.25) is 0 Å². The molecule has 1 heteroatoms. The van der Waals surface area contributed by atoms with Crippen molar-refractivity contribution in [3.8, 4) is 0 Å². The Hall–Kier alpha value is -1.37. The first-order valence-corrected chi connectivity index (χ1v) is 3.18. The average molecular weight is 128 g/mol. The lowest BCUT2D eigenvalue weighted by atomic mass is 10.1. The second-order valence-corrected chi connectivity index (χ2v) is 2.15. The van der Waals surface area contributed by atoms with Gasteiger partial charge in [0, 0.05) is 11.8 Å². The van der Waals surface area contributed by atoms with Gasteiger partial charge in [-0.25, -0.2) is 0 Å². The maximum absolute atomic E-state index is 3.76. The van der Waals surface area contributed by atoms with Crippen molar-refractivity contribution in [1.82, 2.24) is 0 Å². The smallest absolute Gasteiger partial charge is 0.0987 e. The Labute approximate surface area is 59.7 Å². The third-order valence-corrected chi connectivity index (χ3v) is 1.46. The third-order valence-electron chi connectivity index (χ3n) is 1.46. The molecule has 0 amide bonds. The maximum Gasteiger partial charge on any atom is 0.0987 e. The molecule has 1 aromatic carbocycles. The van der Waals surface area contributed by atoms with Gasteiger partial charge in [0.2, 0.25) is 0 Å². The number of allylic oxidation sites excluding steroid dienone is 1. The number of aliphatic imine (C=N–C) groups is 1. The van der Waals surface area contributed by atoms with Crippen molar-refractivity contribution in [3.63, 3.8) is 0 Å². The lowest BCUT2D eigenvalue weighted by molar-refractivity contribution is 1.52. The lowest BCUT2D eigenvalue weighted by Crippen LogP contribution is -1.90. The van der Waals surface area contributed by atoms with Gasteiger partial charge in [-0.2, -0.15) is 0 Å². The van der Waals surface area contributed by atoms with Crippen molar-refractivity contribution in [1.29, 1.82) is 0 Å². The SMILES string of the molecule is [C]1=NC=C1c1ccccc1. The van der Waals surface area contributed by atoms with E-state index in [0.29, 0.717) is 0 Å². The Kier molecular flexibility index (Phi) is 1.14. The minimum atomic E-state index is 1.10. The molecule has 1 radical (unpaired) electrons. The summed E-state index contributed by atoms with van der Waals surface area (Å²) in [7, 11) is 0. The Morgan fingerprint density at radius 2 is 1.80 bits per heavy atom. The van der Waals surface area contributed by atoms with Crippen LogP contribution in [0.1, 0.15) is 5.56 Å². The van der Waals surface area contributed by atoms with Gasteiger partial charge < -0.3 is 0 Å². The summed E-state index contributed by atoms with van der Waals surface area (Å²) < 4.78 is 0. The van der Waals surface area contributed by atoms with Crippen molar-refractivity contribution in [2.24, 2.45) is 4.99 Å². The normalized spacial score (nSPS) is 14.2. The second kappa shape index (κ2) is 2.10. The minimum Gasteiger partial charge on any atom is -0.253 e. The van der Waals surface area contributed by atoms with Gasteiger partial charge in [-0.1, -0.05) is 30.3 Å². The molecule has 0 bridgehead atoms. The van der Waals surface area contributed by atoms with Gasteiger partial charge in [-0.15, -0.1) is 0 Å². The first-order chi connectivity index (χ1) is 4.97. The highest BCUT2D eigenvalue weighted by molar-refractivity contribution is 6.14. The van der Waals surface area contributed by atoms with Crippen LogP contribution in [0, 0.1) is 0 Å². The van der Waals surface area contributed by atoms with Gasteiger partial charge in [0.05, 0.1) is 6.21 Å². The zero-order valence-corrected chi connectivity index (χ0v) is 5.41. The Morgan fingerprint density at radius 1 is 1.10 bits per heavy atom. The molecule has 0 atom stereocenters. The van der Waals surface area contributed by atoms with Crippen LogP contribution >= 0.6 is 0 Å². The van der Waals surface area contributed by atoms with E-state index in [-0.39, 0.29) is 0 Å². The predicted octanol–water partition coefficient (Wildman–Crippen LogP) is 1.99. The highest BCUT2D eigenvalue weighted by Crippen LogP contribution is 2.16. The Balaban J connectivity index is 2.35. The second-order valence-electron chi connectivity index (χ2n) is 2.15. The average Bonchev–Trinajstić information content (AvgIpc) is 1.86. The van der Waals surface area contributed by atoms with Crippen molar-refractivity contribution in [2.45, 2.75) is 0 Å². The first-order valence-electron chi connectivity index (χ1n) is 3.18. The fourth-order valence-corrected chi connectivity index (χ4v) is 0.886. The standard InChI is InChI=1S/C9H6N/c1-2-4-8(5-3-1)9-6-10-7-9/h1-6H. The van der Waals surface area contributed by atoms with Crippen molar-refractivity contribution >= 4 is 11.8 Å². The number of nitrogens with zero attached hydrogens (tertiary/aromatic N) is 1. The van der Waals surface area contributed by atoms with Crippen LogP contribution in [0.25, 0.3) is 5.57 Å². The highest BCUT2D eigenvalue weighted by Gasteiger charge is 2.01. The summed E-state index contributed by atoms with van der Waals surface area (Å²) in [6.07, 6.45) is 4.66. The summed E-state index contributed by atoms with van der Waals surface area (Å²) in [6, 6.07) is 10.1. The maximum atomic E-state index is 3.76. The Bertz CT molecular complexity index is 283. The van der Waals surface area contributed by atoms with Gasteiger partial charge in [-0.3, -0.25) is 4.99 Å². The zero-order chi connectivity index (χ0) is 6.81. The highest BCUT2D eigenvalue weighted by atomic mass is 14.7. The van der Waals surface area contributed by atoms with Gasteiger partial charge in [0.1, 0.15) is 0 Å². The first kappa shape index (κ1) is 5.42. The summed E-state index contributed by atoms with van der Waals surface area (Å²) in [6.45, 7) is 0. The number of hydrogen-bond acceptors (Lipinski definition) is 1. The van der Waals surface area contributed by atoms with E-state index in [4.69, 9.17) is 0 Å². The van der Waals surface area contributed by atoms with Gasteiger partial charge in [0.25, 0.3) is 0 Å². The molecule has 0 fully saturated rings. The predicted molar refractivity (Wildman–Crippen MR) is 41.9 cm³/mol. The van der Waals surface area contributed by atoms with E-state index in [1.54, 1.807) is 0 Å². The van der Waals surface area contributed by atoms with Gasteiger partial charge in [0.15, 0.2) is 0 Å². The fourth-order valence-electron chi connectivity index (χ4n) is 0.886. The number of benzene rings is 1. The largest absolute Gasteiger partial charge is 0.253 e. The Morgan fingerprint density at radius 3 is 2.30 bits per heavy atom. The van der Waals surface area contributed by atoms with E-state index >= 15 is 0 Å². The molecule has 2 rings (SSSR count). The summed E-state index contributed by atoms with van der Waals surface area (Å²) in [5.41, 5.74) is 2.29. The zero-order valence-electron chi connectivity index (χ0n) is 5.41. The molecule has 0 saturated heterocycles.